The van der Waals surface area contributed by atoms with Gasteiger partial charge < -0.3 is 10.0 Å². The molecule has 0 bridgehead atoms. The first kappa shape index (κ1) is 13.0. The van der Waals surface area contributed by atoms with Crippen LogP contribution in [-0.2, 0) is 0 Å². The fourth-order valence-corrected chi connectivity index (χ4v) is 2.56. The number of aliphatic hydroxyl groups excluding tert-OH is 1. The summed E-state index contributed by atoms with van der Waals surface area (Å²) < 4.78 is 13.6. The molecular weight excluding hydrogens is 233 g/mol. The largest absolute Gasteiger partial charge is 0.395 e. The standard InChI is InChI=1S/C14H18FNO2/c15-13-8-4-3-7-12(13)14(18)16(9-10-17)11-5-1-2-6-11/h3-4,7-8,11,17H,1-2,5-6,9-10H2. The molecule has 0 heterocycles. The van der Waals surface area contributed by atoms with Gasteiger partial charge in [-0.05, 0) is 25.0 Å². The van der Waals surface area contributed by atoms with Gasteiger partial charge in [-0.2, -0.15) is 0 Å². The highest BCUT2D eigenvalue weighted by Crippen LogP contribution is 2.25. The van der Waals surface area contributed by atoms with Crippen LogP contribution in [0.5, 0.6) is 0 Å². The smallest absolute Gasteiger partial charge is 0.257 e. The van der Waals surface area contributed by atoms with E-state index in [4.69, 9.17) is 5.11 Å². The number of hydrogen-bond donors (Lipinski definition) is 1. The molecule has 1 fully saturated rings. The van der Waals surface area contributed by atoms with Crippen molar-refractivity contribution in [3.8, 4) is 0 Å². The quantitative estimate of drug-likeness (QED) is 0.891. The van der Waals surface area contributed by atoms with Crippen LogP contribution in [0.1, 0.15) is 36.0 Å². The third-order valence-corrected chi connectivity index (χ3v) is 3.47. The number of carbonyl (C=O) groups excluding carboxylic acids is 1. The number of nitrogens with zero attached hydrogens (tertiary/aromatic N) is 1. The topological polar surface area (TPSA) is 40.5 Å². The van der Waals surface area contributed by atoms with Crippen molar-refractivity contribution in [2.75, 3.05) is 13.2 Å². The van der Waals surface area contributed by atoms with Crippen molar-refractivity contribution in [1.82, 2.24) is 4.90 Å². The number of hydrogen-bond acceptors (Lipinski definition) is 2. The summed E-state index contributed by atoms with van der Waals surface area (Å²) in [6, 6.07) is 6.15. The minimum atomic E-state index is -0.497. The molecule has 1 aliphatic carbocycles. The van der Waals surface area contributed by atoms with Crippen LogP contribution in [0.2, 0.25) is 0 Å². The number of rotatable bonds is 4. The van der Waals surface area contributed by atoms with Gasteiger partial charge in [0, 0.05) is 12.6 Å². The summed E-state index contributed by atoms with van der Waals surface area (Å²) in [6.07, 6.45) is 4.08. The molecule has 1 N–H and O–H groups in total. The zero-order chi connectivity index (χ0) is 13.0. The molecule has 1 aliphatic rings. The molecule has 0 radical (unpaired) electrons. The van der Waals surface area contributed by atoms with Gasteiger partial charge >= 0.3 is 0 Å². The van der Waals surface area contributed by atoms with Crippen LogP contribution in [0.3, 0.4) is 0 Å². The molecule has 0 aromatic heterocycles. The molecule has 0 unspecified atom stereocenters. The molecule has 1 aromatic carbocycles. The maximum absolute atomic E-state index is 13.6. The van der Waals surface area contributed by atoms with Gasteiger partial charge in [0.15, 0.2) is 0 Å². The van der Waals surface area contributed by atoms with Crippen molar-refractivity contribution in [3.05, 3.63) is 35.6 Å². The van der Waals surface area contributed by atoms with Crippen molar-refractivity contribution in [1.29, 1.82) is 0 Å². The van der Waals surface area contributed by atoms with E-state index in [0.717, 1.165) is 25.7 Å². The third-order valence-electron chi connectivity index (χ3n) is 3.47. The highest BCUT2D eigenvalue weighted by Gasteiger charge is 2.28. The minimum Gasteiger partial charge on any atom is -0.395 e. The first-order valence-electron chi connectivity index (χ1n) is 6.40. The van der Waals surface area contributed by atoms with Gasteiger partial charge in [-0.25, -0.2) is 4.39 Å². The average Bonchev–Trinajstić information content (AvgIpc) is 2.89. The van der Waals surface area contributed by atoms with E-state index in [9.17, 15) is 9.18 Å². The molecule has 0 spiro atoms. The van der Waals surface area contributed by atoms with E-state index in [1.807, 2.05) is 0 Å². The Hall–Kier alpha value is -1.42. The SMILES string of the molecule is O=C(c1ccccc1F)N(CCO)C1CCCC1. The molecule has 0 aliphatic heterocycles. The Morgan fingerprint density at radius 3 is 2.61 bits per heavy atom. The van der Waals surface area contributed by atoms with Gasteiger partial charge in [0.1, 0.15) is 5.82 Å². The van der Waals surface area contributed by atoms with E-state index in [1.54, 1.807) is 17.0 Å². The van der Waals surface area contributed by atoms with Crippen molar-refractivity contribution < 1.29 is 14.3 Å². The number of benzene rings is 1. The first-order chi connectivity index (χ1) is 8.74. The molecular formula is C14H18FNO2. The second kappa shape index (κ2) is 5.96. The van der Waals surface area contributed by atoms with Gasteiger partial charge in [0.05, 0.1) is 12.2 Å². The van der Waals surface area contributed by atoms with E-state index in [0.29, 0.717) is 0 Å². The predicted molar refractivity (Wildman–Crippen MR) is 66.8 cm³/mol. The van der Waals surface area contributed by atoms with Crippen LogP contribution in [-0.4, -0.2) is 35.1 Å². The highest BCUT2D eigenvalue weighted by molar-refractivity contribution is 5.94. The monoisotopic (exact) mass is 251 g/mol. The van der Waals surface area contributed by atoms with E-state index < -0.39 is 5.82 Å². The van der Waals surface area contributed by atoms with Gasteiger partial charge in [-0.1, -0.05) is 25.0 Å². The first-order valence-corrected chi connectivity index (χ1v) is 6.40. The fraction of sp³-hybridized carbons (Fsp3) is 0.500. The average molecular weight is 251 g/mol. The zero-order valence-electron chi connectivity index (χ0n) is 10.3. The maximum Gasteiger partial charge on any atom is 0.257 e. The molecule has 18 heavy (non-hydrogen) atoms. The van der Waals surface area contributed by atoms with Crippen molar-refractivity contribution in [2.24, 2.45) is 0 Å². The molecule has 3 nitrogen and oxygen atoms in total. The van der Waals surface area contributed by atoms with Crippen molar-refractivity contribution in [3.63, 3.8) is 0 Å². The van der Waals surface area contributed by atoms with Crippen molar-refractivity contribution >= 4 is 5.91 Å². The Morgan fingerprint density at radius 1 is 1.33 bits per heavy atom. The zero-order valence-corrected chi connectivity index (χ0v) is 10.3. The van der Waals surface area contributed by atoms with Gasteiger partial charge in [-0.15, -0.1) is 0 Å². The molecule has 2 rings (SSSR count). The molecule has 1 saturated carbocycles. The lowest BCUT2D eigenvalue weighted by Gasteiger charge is -2.28. The summed E-state index contributed by atoms with van der Waals surface area (Å²) >= 11 is 0. The molecule has 98 valence electrons. The predicted octanol–water partition coefficient (Wildman–Crippen LogP) is 2.20. The molecule has 1 amide bonds. The Kier molecular flexibility index (Phi) is 4.31. The Labute approximate surface area is 106 Å². The summed E-state index contributed by atoms with van der Waals surface area (Å²) in [6.45, 7) is 0.189. The number of amides is 1. The highest BCUT2D eigenvalue weighted by atomic mass is 19.1. The van der Waals surface area contributed by atoms with Crippen LogP contribution in [0.25, 0.3) is 0 Å². The van der Waals surface area contributed by atoms with E-state index in [-0.39, 0.29) is 30.7 Å². The van der Waals surface area contributed by atoms with Crippen LogP contribution in [0.15, 0.2) is 24.3 Å². The Balaban J connectivity index is 2.20. The maximum atomic E-state index is 13.6. The summed E-state index contributed by atoms with van der Waals surface area (Å²) in [4.78, 5) is 13.9. The van der Waals surface area contributed by atoms with Gasteiger partial charge in [-0.3, -0.25) is 4.79 Å². The summed E-state index contributed by atoms with van der Waals surface area (Å²) in [7, 11) is 0. The summed E-state index contributed by atoms with van der Waals surface area (Å²) in [5.74, 6) is -0.808. The van der Waals surface area contributed by atoms with Crippen LogP contribution in [0.4, 0.5) is 4.39 Å². The lowest BCUT2D eigenvalue weighted by Crippen LogP contribution is -2.41. The lowest BCUT2D eigenvalue weighted by atomic mass is 10.1. The molecule has 0 atom stereocenters. The number of halogens is 1. The Bertz CT molecular complexity index is 416. The van der Waals surface area contributed by atoms with Crippen LogP contribution < -0.4 is 0 Å². The number of aliphatic hydroxyl groups is 1. The van der Waals surface area contributed by atoms with Crippen LogP contribution in [0, 0.1) is 5.82 Å². The molecule has 0 saturated heterocycles. The summed E-state index contributed by atoms with van der Waals surface area (Å²) in [5.41, 5.74) is 0.0952. The normalized spacial score (nSPS) is 15.9. The minimum absolute atomic E-state index is 0.0866. The second-order valence-electron chi connectivity index (χ2n) is 4.64. The van der Waals surface area contributed by atoms with E-state index in [2.05, 4.69) is 0 Å². The molecule has 4 heteroatoms. The van der Waals surface area contributed by atoms with Gasteiger partial charge in [0.25, 0.3) is 5.91 Å². The van der Waals surface area contributed by atoms with Crippen LogP contribution >= 0.6 is 0 Å². The third kappa shape index (κ3) is 2.70. The Morgan fingerprint density at radius 2 is 2.00 bits per heavy atom. The second-order valence-corrected chi connectivity index (χ2v) is 4.64. The van der Waals surface area contributed by atoms with E-state index >= 15 is 0 Å². The lowest BCUT2D eigenvalue weighted by molar-refractivity contribution is 0.0633. The van der Waals surface area contributed by atoms with Gasteiger partial charge in [0.2, 0.25) is 0 Å². The fourth-order valence-electron chi connectivity index (χ4n) is 2.56. The summed E-state index contributed by atoms with van der Waals surface area (Å²) in [5, 5.41) is 9.07. The number of carbonyl (C=O) groups is 1. The molecule has 1 aromatic rings. The van der Waals surface area contributed by atoms with E-state index in [1.165, 1.54) is 12.1 Å². The van der Waals surface area contributed by atoms with Crippen molar-refractivity contribution in [2.45, 2.75) is 31.7 Å².